The SMILES string of the molecule is COC(=O)CCC[C@]1(NC(=O)c2ccccc2)CCC/C1=C(\C)CO. The highest BCUT2D eigenvalue weighted by molar-refractivity contribution is 5.95. The summed E-state index contributed by atoms with van der Waals surface area (Å²) in [5.74, 6) is -0.365. The van der Waals surface area contributed by atoms with Gasteiger partial charge in [0.25, 0.3) is 5.91 Å². The van der Waals surface area contributed by atoms with Gasteiger partial charge in [-0.15, -0.1) is 0 Å². The molecular formula is C20H27NO4. The molecule has 2 rings (SSSR count). The molecule has 0 bridgehead atoms. The molecule has 1 amide bonds. The minimum atomic E-state index is -0.492. The van der Waals surface area contributed by atoms with Crippen LogP contribution in [-0.2, 0) is 9.53 Å². The predicted octanol–water partition coefficient (Wildman–Crippen LogP) is 2.99. The van der Waals surface area contributed by atoms with Crippen LogP contribution < -0.4 is 5.32 Å². The lowest BCUT2D eigenvalue weighted by Crippen LogP contribution is -2.48. The van der Waals surface area contributed by atoms with Gasteiger partial charge in [0.05, 0.1) is 19.3 Å². The molecule has 5 heteroatoms. The summed E-state index contributed by atoms with van der Waals surface area (Å²) in [6.07, 6.45) is 4.25. The largest absolute Gasteiger partial charge is 0.469 e. The van der Waals surface area contributed by atoms with Crippen molar-refractivity contribution in [1.82, 2.24) is 5.32 Å². The second-order valence-corrected chi connectivity index (χ2v) is 6.60. The zero-order chi connectivity index (χ0) is 18.3. The number of ether oxygens (including phenoxy) is 1. The Morgan fingerprint density at radius 2 is 2.00 bits per heavy atom. The van der Waals surface area contributed by atoms with Crippen LogP contribution in [0.1, 0.15) is 55.8 Å². The normalized spacial score (nSPS) is 21.7. The number of amides is 1. The van der Waals surface area contributed by atoms with Gasteiger partial charge in [-0.25, -0.2) is 0 Å². The van der Waals surface area contributed by atoms with E-state index >= 15 is 0 Å². The summed E-state index contributed by atoms with van der Waals surface area (Å²) in [7, 11) is 1.38. The van der Waals surface area contributed by atoms with Crippen molar-refractivity contribution in [3.05, 3.63) is 47.0 Å². The summed E-state index contributed by atoms with van der Waals surface area (Å²) in [4.78, 5) is 24.2. The Kier molecular flexibility index (Phi) is 6.76. The van der Waals surface area contributed by atoms with Crippen molar-refractivity contribution in [2.45, 2.75) is 51.0 Å². The molecule has 136 valence electrons. The van der Waals surface area contributed by atoms with E-state index < -0.39 is 5.54 Å². The van der Waals surface area contributed by atoms with E-state index in [9.17, 15) is 14.7 Å². The molecule has 0 radical (unpaired) electrons. The molecule has 1 aliphatic rings. The van der Waals surface area contributed by atoms with Crippen LogP contribution in [0.2, 0.25) is 0 Å². The minimum Gasteiger partial charge on any atom is -0.469 e. The molecule has 0 unspecified atom stereocenters. The van der Waals surface area contributed by atoms with Crippen molar-refractivity contribution in [3.63, 3.8) is 0 Å². The van der Waals surface area contributed by atoms with E-state index in [1.54, 1.807) is 12.1 Å². The van der Waals surface area contributed by atoms with Crippen LogP contribution in [0.25, 0.3) is 0 Å². The molecule has 0 spiro atoms. The number of carbonyl (C=O) groups excluding carboxylic acids is 2. The third kappa shape index (κ3) is 4.69. The maximum absolute atomic E-state index is 12.7. The molecule has 0 aliphatic heterocycles. The van der Waals surface area contributed by atoms with E-state index in [1.807, 2.05) is 25.1 Å². The second kappa shape index (κ2) is 8.81. The van der Waals surface area contributed by atoms with Gasteiger partial charge in [0, 0.05) is 12.0 Å². The summed E-state index contributed by atoms with van der Waals surface area (Å²) < 4.78 is 4.72. The van der Waals surface area contributed by atoms with Crippen LogP contribution in [0.3, 0.4) is 0 Å². The zero-order valence-corrected chi connectivity index (χ0v) is 15.0. The van der Waals surface area contributed by atoms with Crippen molar-refractivity contribution in [1.29, 1.82) is 0 Å². The molecule has 25 heavy (non-hydrogen) atoms. The molecule has 0 aromatic heterocycles. The molecule has 5 nitrogen and oxygen atoms in total. The minimum absolute atomic E-state index is 0.0186. The first-order valence-corrected chi connectivity index (χ1v) is 8.77. The summed E-state index contributed by atoms with van der Waals surface area (Å²) >= 11 is 0. The molecule has 2 N–H and O–H groups in total. The Bertz CT molecular complexity index is 638. The first-order chi connectivity index (χ1) is 12.0. The number of carbonyl (C=O) groups is 2. The van der Waals surface area contributed by atoms with Gasteiger partial charge in [-0.2, -0.15) is 0 Å². The molecule has 0 heterocycles. The van der Waals surface area contributed by atoms with Gasteiger partial charge < -0.3 is 15.2 Å². The predicted molar refractivity (Wildman–Crippen MR) is 96.1 cm³/mol. The maximum atomic E-state index is 12.7. The Balaban J connectivity index is 2.23. The summed E-state index contributed by atoms with van der Waals surface area (Å²) in [5, 5.41) is 12.8. The number of rotatable bonds is 7. The van der Waals surface area contributed by atoms with Crippen molar-refractivity contribution in [3.8, 4) is 0 Å². The van der Waals surface area contributed by atoms with Gasteiger partial charge in [-0.05, 0) is 62.3 Å². The Morgan fingerprint density at radius 1 is 1.28 bits per heavy atom. The van der Waals surface area contributed by atoms with Crippen LogP contribution in [-0.4, -0.2) is 36.2 Å². The van der Waals surface area contributed by atoms with Crippen molar-refractivity contribution in [2.75, 3.05) is 13.7 Å². The van der Waals surface area contributed by atoms with E-state index in [0.29, 0.717) is 24.8 Å². The molecule has 1 fully saturated rings. The smallest absolute Gasteiger partial charge is 0.305 e. The van der Waals surface area contributed by atoms with E-state index in [-0.39, 0.29) is 18.5 Å². The van der Waals surface area contributed by atoms with Crippen LogP contribution >= 0.6 is 0 Å². The average molecular weight is 345 g/mol. The summed E-state index contributed by atoms with van der Waals surface area (Å²) in [6, 6.07) is 9.12. The van der Waals surface area contributed by atoms with Crippen LogP contribution in [0.5, 0.6) is 0 Å². The first kappa shape index (κ1) is 19.2. The second-order valence-electron chi connectivity index (χ2n) is 6.60. The summed E-state index contributed by atoms with van der Waals surface area (Å²) in [6.45, 7) is 1.89. The fraction of sp³-hybridized carbons (Fsp3) is 0.500. The number of aliphatic hydroxyl groups excluding tert-OH is 1. The van der Waals surface area contributed by atoms with Crippen LogP contribution in [0.15, 0.2) is 41.5 Å². The van der Waals surface area contributed by atoms with Gasteiger partial charge in [-0.1, -0.05) is 18.2 Å². The first-order valence-electron chi connectivity index (χ1n) is 8.77. The molecule has 1 aromatic rings. The maximum Gasteiger partial charge on any atom is 0.305 e. The molecule has 1 saturated carbocycles. The third-order valence-electron chi connectivity index (χ3n) is 4.96. The molecule has 0 saturated heterocycles. The van der Waals surface area contributed by atoms with Crippen molar-refractivity contribution >= 4 is 11.9 Å². The highest BCUT2D eigenvalue weighted by atomic mass is 16.5. The van der Waals surface area contributed by atoms with Crippen molar-refractivity contribution in [2.24, 2.45) is 0 Å². The van der Waals surface area contributed by atoms with E-state index in [0.717, 1.165) is 30.4 Å². The van der Waals surface area contributed by atoms with Crippen LogP contribution in [0.4, 0.5) is 0 Å². The number of esters is 1. The standard InChI is InChI=1S/C20H27NO4/c1-15(14-22)17-10-6-12-20(17,13-7-11-18(23)25-2)21-19(24)16-8-4-3-5-9-16/h3-5,8-9,22H,6-7,10-14H2,1-2H3,(H,21,24)/b17-15-/t20-/m1/s1. The number of aliphatic hydroxyl groups is 1. The number of hydrogen-bond acceptors (Lipinski definition) is 4. The Hall–Kier alpha value is -2.14. The fourth-order valence-corrected chi connectivity index (χ4v) is 3.67. The van der Waals surface area contributed by atoms with E-state index in [1.165, 1.54) is 7.11 Å². The van der Waals surface area contributed by atoms with E-state index in [2.05, 4.69) is 5.32 Å². The van der Waals surface area contributed by atoms with Gasteiger partial charge in [0.15, 0.2) is 0 Å². The fourth-order valence-electron chi connectivity index (χ4n) is 3.67. The van der Waals surface area contributed by atoms with E-state index in [4.69, 9.17) is 4.74 Å². The molecule has 1 atom stereocenters. The lowest BCUT2D eigenvalue weighted by atomic mass is 9.84. The van der Waals surface area contributed by atoms with Gasteiger partial charge in [-0.3, -0.25) is 9.59 Å². The van der Waals surface area contributed by atoms with Gasteiger partial charge in [0.2, 0.25) is 0 Å². The topological polar surface area (TPSA) is 75.6 Å². The lowest BCUT2D eigenvalue weighted by molar-refractivity contribution is -0.140. The molecular weight excluding hydrogens is 318 g/mol. The highest BCUT2D eigenvalue weighted by Crippen LogP contribution is 2.41. The zero-order valence-electron chi connectivity index (χ0n) is 15.0. The summed E-state index contributed by atoms with van der Waals surface area (Å²) in [5.41, 5.74) is 2.13. The van der Waals surface area contributed by atoms with Crippen LogP contribution in [0, 0.1) is 0 Å². The number of methoxy groups -OCH3 is 1. The lowest BCUT2D eigenvalue weighted by Gasteiger charge is -2.34. The molecule has 1 aromatic carbocycles. The number of hydrogen-bond donors (Lipinski definition) is 2. The van der Waals surface area contributed by atoms with Crippen molar-refractivity contribution < 1.29 is 19.4 Å². The average Bonchev–Trinajstić information content (AvgIpc) is 3.05. The molecule has 1 aliphatic carbocycles. The third-order valence-corrected chi connectivity index (χ3v) is 4.96. The van der Waals surface area contributed by atoms with Gasteiger partial charge in [0.1, 0.15) is 0 Å². The van der Waals surface area contributed by atoms with Gasteiger partial charge >= 0.3 is 5.97 Å². The number of nitrogens with one attached hydrogen (secondary N) is 1. The Morgan fingerprint density at radius 3 is 2.64 bits per heavy atom. The quantitative estimate of drug-likeness (QED) is 0.588. The number of benzene rings is 1. The monoisotopic (exact) mass is 345 g/mol. The highest BCUT2D eigenvalue weighted by Gasteiger charge is 2.40. The Labute approximate surface area is 149 Å².